The monoisotopic (exact) mass is 308 g/mol. The molecule has 5 aliphatic carbocycles. The van der Waals surface area contributed by atoms with Gasteiger partial charge in [-0.05, 0) is 58.2 Å². The van der Waals surface area contributed by atoms with Crippen LogP contribution in [0.1, 0.15) is 35.4 Å². The lowest BCUT2D eigenvalue weighted by Crippen LogP contribution is -2.08. The highest BCUT2D eigenvalue weighted by Gasteiger charge is 2.28. The standard InChI is InChI=1S/C24H20/c1-3-8-17-14-21(15-18(17)9-4-1)23-13-7-11-20-16-19-10-5-2-6-12-22(19)24(20)23/h1-6,8-10,12,14-16,23H,7,11,13H2. The topological polar surface area (TPSA) is 0 Å². The molecule has 0 nitrogen and oxygen atoms in total. The smallest absolute Gasteiger partial charge is 0.00987 e. The van der Waals surface area contributed by atoms with Crippen molar-refractivity contribution in [2.75, 3.05) is 0 Å². The Kier molecular flexibility index (Phi) is 3.16. The number of rotatable bonds is 1. The van der Waals surface area contributed by atoms with Crippen LogP contribution in [0.5, 0.6) is 0 Å². The van der Waals surface area contributed by atoms with Gasteiger partial charge in [-0.1, -0.05) is 78.9 Å². The first-order chi connectivity index (χ1) is 11.9. The third-order valence-corrected chi connectivity index (χ3v) is 5.48. The molecule has 0 aromatic heterocycles. The summed E-state index contributed by atoms with van der Waals surface area (Å²) in [6.45, 7) is 0. The SMILES string of the molecule is c1ccc2cc(C3CCCc4cc5cccccc-5c43)cc-2cc1. The minimum absolute atomic E-state index is 0.534. The summed E-state index contributed by atoms with van der Waals surface area (Å²) >= 11 is 0. The molecule has 0 spiro atoms. The van der Waals surface area contributed by atoms with Crippen LogP contribution >= 0.6 is 0 Å². The minimum atomic E-state index is 0.534. The molecule has 0 saturated heterocycles. The van der Waals surface area contributed by atoms with Gasteiger partial charge in [-0.2, -0.15) is 0 Å². The molecule has 0 radical (unpaired) electrons. The number of hydrogen-bond acceptors (Lipinski definition) is 0. The first kappa shape index (κ1) is 13.8. The van der Waals surface area contributed by atoms with Gasteiger partial charge in [-0.25, -0.2) is 0 Å². The third-order valence-electron chi connectivity index (χ3n) is 5.48. The zero-order valence-corrected chi connectivity index (χ0v) is 13.7. The predicted octanol–water partition coefficient (Wildman–Crippen LogP) is 6.36. The lowest BCUT2D eigenvalue weighted by molar-refractivity contribution is 0.622. The Morgan fingerprint density at radius 2 is 1.33 bits per heavy atom. The second-order valence-corrected chi connectivity index (χ2v) is 6.92. The van der Waals surface area contributed by atoms with Crippen LogP contribution in [0.25, 0.3) is 22.3 Å². The molecule has 0 N–H and O–H groups in total. The van der Waals surface area contributed by atoms with E-state index in [9.17, 15) is 0 Å². The van der Waals surface area contributed by atoms with Crippen LogP contribution in [-0.2, 0) is 6.42 Å². The number of hydrogen-bond donors (Lipinski definition) is 0. The van der Waals surface area contributed by atoms with E-state index in [1.807, 2.05) is 0 Å². The third kappa shape index (κ3) is 2.14. The van der Waals surface area contributed by atoms with Crippen molar-refractivity contribution < 1.29 is 0 Å². The van der Waals surface area contributed by atoms with Crippen molar-refractivity contribution >= 4 is 0 Å². The van der Waals surface area contributed by atoms with Crippen LogP contribution in [0.15, 0.2) is 78.9 Å². The molecule has 0 aromatic rings. The Hall–Kier alpha value is -2.60. The molecule has 1 atom stereocenters. The Labute approximate surface area is 143 Å². The molecule has 5 rings (SSSR count). The largest absolute Gasteiger partial charge is 0.0622 e. The Morgan fingerprint density at radius 3 is 2.08 bits per heavy atom. The van der Waals surface area contributed by atoms with E-state index in [1.54, 1.807) is 11.1 Å². The summed E-state index contributed by atoms with van der Waals surface area (Å²) < 4.78 is 0. The molecule has 0 bridgehead atoms. The van der Waals surface area contributed by atoms with Gasteiger partial charge in [-0.3, -0.25) is 0 Å². The van der Waals surface area contributed by atoms with Gasteiger partial charge in [0, 0.05) is 5.92 Å². The van der Waals surface area contributed by atoms with E-state index in [1.165, 1.54) is 47.1 Å². The number of aryl methyl sites for hydroxylation is 1. The van der Waals surface area contributed by atoms with Crippen molar-refractivity contribution in [3.05, 3.63) is 95.6 Å². The van der Waals surface area contributed by atoms with Crippen molar-refractivity contribution in [2.45, 2.75) is 25.2 Å². The van der Waals surface area contributed by atoms with Crippen LogP contribution < -0.4 is 0 Å². The van der Waals surface area contributed by atoms with Gasteiger partial charge < -0.3 is 0 Å². The second-order valence-electron chi connectivity index (χ2n) is 6.92. The van der Waals surface area contributed by atoms with Crippen LogP contribution in [-0.4, -0.2) is 0 Å². The van der Waals surface area contributed by atoms with Gasteiger partial charge in [0.15, 0.2) is 0 Å². The van der Waals surface area contributed by atoms with E-state index in [0.717, 1.165) is 0 Å². The van der Waals surface area contributed by atoms with Crippen LogP contribution in [0, 0.1) is 0 Å². The van der Waals surface area contributed by atoms with Crippen molar-refractivity contribution in [3.8, 4) is 22.3 Å². The molecule has 0 heterocycles. The summed E-state index contributed by atoms with van der Waals surface area (Å²) in [4.78, 5) is 0. The fourth-order valence-electron chi connectivity index (χ4n) is 4.40. The Balaban J connectivity index is 1.70. The lowest BCUT2D eigenvalue weighted by atomic mass is 9.80. The lowest BCUT2D eigenvalue weighted by Gasteiger charge is -2.24. The summed E-state index contributed by atoms with van der Waals surface area (Å²) in [5.41, 5.74) is 10.1. The fourth-order valence-corrected chi connectivity index (χ4v) is 4.40. The van der Waals surface area contributed by atoms with E-state index in [-0.39, 0.29) is 0 Å². The molecule has 0 aromatic carbocycles. The van der Waals surface area contributed by atoms with Crippen molar-refractivity contribution in [1.29, 1.82) is 0 Å². The van der Waals surface area contributed by atoms with Gasteiger partial charge in [0.2, 0.25) is 0 Å². The van der Waals surface area contributed by atoms with Gasteiger partial charge >= 0.3 is 0 Å². The molecule has 1 unspecified atom stereocenters. The van der Waals surface area contributed by atoms with Gasteiger partial charge in [0.25, 0.3) is 0 Å². The van der Waals surface area contributed by atoms with E-state index in [0.29, 0.717) is 5.92 Å². The highest BCUT2D eigenvalue weighted by Crippen LogP contribution is 2.46. The zero-order chi connectivity index (χ0) is 15.9. The zero-order valence-electron chi connectivity index (χ0n) is 13.7. The molecular weight excluding hydrogens is 288 g/mol. The van der Waals surface area contributed by atoms with Gasteiger partial charge in [0.1, 0.15) is 0 Å². The fraction of sp³-hybridized carbons (Fsp3) is 0.167. The van der Waals surface area contributed by atoms with Crippen molar-refractivity contribution in [1.82, 2.24) is 0 Å². The molecule has 5 aliphatic rings. The quantitative estimate of drug-likeness (QED) is 0.383. The van der Waals surface area contributed by atoms with E-state index < -0.39 is 0 Å². The average molecular weight is 308 g/mol. The van der Waals surface area contributed by atoms with E-state index >= 15 is 0 Å². The first-order valence-corrected chi connectivity index (χ1v) is 8.89. The van der Waals surface area contributed by atoms with Gasteiger partial charge in [0.05, 0.1) is 0 Å². The maximum Gasteiger partial charge on any atom is 0.00987 e. The molecule has 0 amide bonds. The predicted molar refractivity (Wildman–Crippen MR) is 101 cm³/mol. The van der Waals surface area contributed by atoms with E-state index in [2.05, 4.69) is 78.9 Å². The Morgan fingerprint density at radius 1 is 0.667 bits per heavy atom. The molecule has 116 valence electrons. The average Bonchev–Trinajstić information content (AvgIpc) is 2.98. The van der Waals surface area contributed by atoms with E-state index in [4.69, 9.17) is 0 Å². The summed E-state index contributed by atoms with van der Waals surface area (Å²) in [6, 6.07) is 29.1. The maximum absolute atomic E-state index is 2.42. The van der Waals surface area contributed by atoms with Gasteiger partial charge in [-0.15, -0.1) is 0 Å². The molecule has 0 saturated carbocycles. The molecule has 0 aliphatic heterocycles. The normalized spacial score (nSPS) is 17.1. The highest BCUT2D eigenvalue weighted by atomic mass is 14.3. The second kappa shape index (κ2) is 5.49. The Bertz CT molecular complexity index is 919. The van der Waals surface area contributed by atoms with Crippen LogP contribution in [0.2, 0.25) is 0 Å². The van der Waals surface area contributed by atoms with Crippen LogP contribution in [0.4, 0.5) is 0 Å². The molecule has 0 fully saturated rings. The molecule has 24 heavy (non-hydrogen) atoms. The molecule has 0 heteroatoms. The summed E-state index contributed by atoms with van der Waals surface area (Å²) in [5.74, 6) is 0.534. The highest BCUT2D eigenvalue weighted by molar-refractivity contribution is 5.77. The minimum Gasteiger partial charge on any atom is -0.0622 e. The van der Waals surface area contributed by atoms with Crippen molar-refractivity contribution in [2.24, 2.45) is 0 Å². The summed E-state index contributed by atoms with van der Waals surface area (Å²) in [6.07, 6.45) is 3.77. The summed E-state index contributed by atoms with van der Waals surface area (Å²) in [5, 5.41) is 0. The number of fused-ring (bicyclic) bond motifs is 4. The summed E-state index contributed by atoms with van der Waals surface area (Å²) in [7, 11) is 0. The maximum atomic E-state index is 2.42. The van der Waals surface area contributed by atoms with Crippen LogP contribution in [0.3, 0.4) is 0 Å². The van der Waals surface area contributed by atoms with Crippen molar-refractivity contribution in [3.63, 3.8) is 0 Å². The molecular formula is C24H20. The first-order valence-electron chi connectivity index (χ1n) is 8.89.